The molecule has 0 saturated carbocycles. The van der Waals surface area contributed by atoms with Crippen LogP contribution in [-0.2, 0) is 4.74 Å². The maximum Gasteiger partial charge on any atom is 0.407 e. The van der Waals surface area contributed by atoms with Crippen LogP contribution in [0, 0.1) is 0 Å². The molecule has 0 fully saturated rings. The minimum absolute atomic E-state index is 0.0674. The highest BCUT2D eigenvalue weighted by molar-refractivity contribution is 5.79. The summed E-state index contributed by atoms with van der Waals surface area (Å²) < 4.78 is 5.51. The van der Waals surface area contributed by atoms with Crippen molar-refractivity contribution in [3.8, 4) is 11.1 Å². The van der Waals surface area contributed by atoms with E-state index in [4.69, 9.17) is 10.5 Å². The first-order valence-corrected chi connectivity index (χ1v) is 9.34. The predicted molar refractivity (Wildman–Crippen MR) is 113 cm³/mol. The lowest BCUT2D eigenvalue weighted by atomic mass is 9.98. The Hall–Kier alpha value is -3.53. The van der Waals surface area contributed by atoms with Gasteiger partial charge in [0.05, 0.1) is 0 Å². The summed E-state index contributed by atoms with van der Waals surface area (Å²) in [5.74, 6) is 0.0674. The van der Waals surface area contributed by atoms with Crippen LogP contribution < -0.4 is 11.1 Å². The predicted octanol–water partition coefficient (Wildman–Crippen LogP) is 4.82. The number of benzene rings is 3. The van der Waals surface area contributed by atoms with Crippen molar-refractivity contribution in [1.29, 1.82) is 0 Å². The molecule has 0 radical (unpaired) electrons. The van der Waals surface area contributed by atoms with Gasteiger partial charge in [-0.2, -0.15) is 0 Å². The molecule has 3 aromatic carbocycles. The standard InChI is InChI=1S/C24H22N2O2/c25-23-14-6-1-8-17(23)9-7-15-26-24(27)28-16-22-20-12-4-2-10-18(20)19-11-3-5-13-21(19)22/h1-14,22H,15-16,25H2,(H,26,27). The Labute approximate surface area is 164 Å². The summed E-state index contributed by atoms with van der Waals surface area (Å²) in [5, 5.41) is 2.76. The number of carbonyl (C=O) groups excluding carboxylic acids is 1. The highest BCUT2D eigenvalue weighted by Crippen LogP contribution is 2.44. The monoisotopic (exact) mass is 370 g/mol. The number of hydrogen-bond acceptors (Lipinski definition) is 3. The number of hydrogen-bond donors (Lipinski definition) is 2. The van der Waals surface area contributed by atoms with E-state index in [2.05, 4.69) is 29.6 Å². The van der Waals surface area contributed by atoms with Crippen LogP contribution in [0.25, 0.3) is 17.2 Å². The minimum atomic E-state index is -0.424. The van der Waals surface area contributed by atoms with Crippen molar-refractivity contribution in [2.24, 2.45) is 0 Å². The average molecular weight is 370 g/mol. The Morgan fingerprint density at radius 1 is 0.929 bits per heavy atom. The van der Waals surface area contributed by atoms with E-state index in [0.717, 1.165) is 5.56 Å². The summed E-state index contributed by atoms with van der Waals surface area (Å²) in [5.41, 5.74) is 12.4. The second-order valence-corrected chi connectivity index (χ2v) is 6.74. The normalized spacial score (nSPS) is 12.6. The molecule has 3 N–H and O–H groups in total. The molecular weight excluding hydrogens is 348 g/mol. The van der Waals surface area contributed by atoms with E-state index in [1.807, 2.05) is 60.7 Å². The molecule has 0 aromatic heterocycles. The number of anilines is 1. The molecule has 28 heavy (non-hydrogen) atoms. The van der Waals surface area contributed by atoms with Crippen LogP contribution in [0.3, 0.4) is 0 Å². The number of ether oxygens (including phenoxy) is 1. The van der Waals surface area contributed by atoms with Crippen LogP contribution >= 0.6 is 0 Å². The third-order valence-electron chi connectivity index (χ3n) is 5.00. The molecule has 0 spiro atoms. The zero-order valence-electron chi connectivity index (χ0n) is 15.5. The van der Waals surface area contributed by atoms with Gasteiger partial charge in [0.2, 0.25) is 0 Å². The summed E-state index contributed by atoms with van der Waals surface area (Å²) in [7, 11) is 0. The number of fused-ring (bicyclic) bond motifs is 3. The molecule has 140 valence electrons. The van der Waals surface area contributed by atoms with E-state index >= 15 is 0 Å². The van der Waals surface area contributed by atoms with Gasteiger partial charge in [0.15, 0.2) is 0 Å². The summed E-state index contributed by atoms with van der Waals surface area (Å²) in [6, 6.07) is 24.2. The molecule has 1 aliphatic carbocycles. The van der Waals surface area contributed by atoms with Gasteiger partial charge in [0.1, 0.15) is 6.61 Å². The van der Waals surface area contributed by atoms with Crippen LogP contribution in [0.5, 0.6) is 0 Å². The van der Waals surface area contributed by atoms with Gasteiger partial charge in [-0.3, -0.25) is 0 Å². The average Bonchev–Trinajstić information content (AvgIpc) is 3.05. The zero-order chi connectivity index (χ0) is 19.3. The van der Waals surface area contributed by atoms with Gasteiger partial charge >= 0.3 is 6.09 Å². The third kappa shape index (κ3) is 3.62. The van der Waals surface area contributed by atoms with Crippen molar-refractivity contribution in [3.63, 3.8) is 0 Å². The fourth-order valence-electron chi connectivity index (χ4n) is 3.64. The molecule has 0 saturated heterocycles. The van der Waals surface area contributed by atoms with E-state index in [9.17, 15) is 4.79 Å². The molecule has 0 unspecified atom stereocenters. The van der Waals surface area contributed by atoms with Crippen molar-refractivity contribution in [1.82, 2.24) is 5.32 Å². The number of para-hydroxylation sites is 1. The van der Waals surface area contributed by atoms with Crippen molar-refractivity contribution >= 4 is 17.9 Å². The Balaban J connectivity index is 1.35. The van der Waals surface area contributed by atoms with Gasteiger partial charge in [0.25, 0.3) is 0 Å². The number of nitrogens with one attached hydrogen (secondary N) is 1. The highest BCUT2D eigenvalue weighted by atomic mass is 16.5. The SMILES string of the molecule is Nc1ccccc1C=CCNC(=O)OCC1c2ccccc2-c2ccccc21. The lowest BCUT2D eigenvalue weighted by Crippen LogP contribution is -2.26. The third-order valence-corrected chi connectivity index (χ3v) is 5.00. The van der Waals surface area contributed by atoms with Gasteiger partial charge < -0.3 is 15.8 Å². The van der Waals surface area contributed by atoms with Crippen molar-refractivity contribution < 1.29 is 9.53 Å². The van der Waals surface area contributed by atoms with Crippen molar-refractivity contribution in [2.45, 2.75) is 5.92 Å². The molecule has 0 bridgehead atoms. The zero-order valence-corrected chi connectivity index (χ0v) is 15.5. The molecule has 4 nitrogen and oxygen atoms in total. The first-order valence-electron chi connectivity index (χ1n) is 9.34. The Morgan fingerprint density at radius 3 is 2.21 bits per heavy atom. The minimum Gasteiger partial charge on any atom is -0.449 e. The highest BCUT2D eigenvalue weighted by Gasteiger charge is 2.28. The summed E-state index contributed by atoms with van der Waals surface area (Å²) in [6.45, 7) is 0.695. The molecule has 4 heteroatoms. The number of rotatable bonds is 5. The van der Waals surface area contributed by atoms with Crippen molar-refractivity contribution in [3.05, 3.63) is 95.6 Å². The molecule has 1 aliphatic rings. The topological polar surface area (TPSA) is 64.3 Å². The molecule has 0 heterocycles. The number of alkyl carbamates (subject to hydrolysis) is 1. The first-order chi connectivity index (χ1) is 13.7. The van der Waals surface area contributed by atoms with Crippen LogP contribution in [-0.4, -0.2) is 19.2 Å². The molecule has 0 aliphatic heterocycles. The fraction of sp³-hybridized carbons (Fsp3) is 0.125. The summed E-state index contributed by atoms with van der Waals surface area (Å²) in [6.07, 6.45) is 3.32. The van der Waals surface area contributed by atoms with E-state index in [-0.39, 0.29) is 5.92 Å². The largest absolute Gasteiger partial charge is 0.449 e. The van der Waals surface area contributed by atoms with Crippen LogP contribution in [0.1, 0.15) is 22.6 Å². The van der Waals surface area contributed by atoms with E-state index in [0.29, 0.717) is 18.8 Å². The summed E-state index contributed by atoms with van der Waals surface area (Å²) in [4.78, 5) is 12.1. The Kier molecular flexibility index (Phi) is 5.11. The van der Waals surface area contributed by atoms with Crippen LogP contribution in [0.15, 0.2) is 78.9 Å². The van der Waals surface area contributed by atoms with Gasteiger partial charge in [-0.05, 0) is 33.9 Å². The second-order valence-electron chi connectivity index (χ2n) is 6.74. The van der Waals surface area contributed by atoms with E-state index in [1.54, 1.807) is 0 Å². The lowest BCUT2D eigenvalue weighted by Gasteiger charge is -2.14. The molecule has 3 aromatic rings. The number of amides is 1. The van der Waals surface area contributed by atoms with Gasteiger partial charge in [-0.15, -0.1) is 0 Å². The van der Waals surface area contributed by atoms with Crippen LogP contribution in [0.4, 0.5) is 10.5 Å². The van der Waals surface area contributed by atoms with Crippen LogP contribution in [0.2, 0.25) is 0 Å². The van der Waals surface area contributed by atoms with Gasteiger partial charge in [0, 0.05) is 18.2 Å². The quantitative estimate of drug-likeness (QED) is 0.633. The van der Waals surface area contributed by atoms with Crippen molar-refractivity contribution in [2.75, 3.05) is 18.9 Å². The van der Waals surface area contributed by atoms with Gasteiger partial charge in [-0.25, -0.2) is 4.79 Å². The number of carbonyl (C=O) groups is 1. The molecule has 4 rings (SSSR count). The fourth-order valence-corrected chi connectivity index (χ4v) is 3.64. The lowest BCUT2D eigenvalue weighted by molar-refractivity contribution is 0.144. The molecular formula is C24H22N2O2. The number of nitrogens with two attached hydrogens (primary N) is 1. The molecule has 1 amide bonds. The Morgan fingerprint density at radius 2 is 1.54 bits per heavy atom. The first kappa shape index (κ1) is 17.9. The maximum absolute atomic E-state index is 12.1. The summed E-state index contributed by atoms with van der Waals surface area (Å²) >= 11 is 0. The maximum atomic E-state index is 12.1. The Bertz CT molecular complexity index is 981. The molecule has 0 atom stereocenters. The number of nitrogen functional groups attached to an aromatic ring is 1. The van der Waals surface area contributed by atoms with E-state index < -0.39 is 6.09 Å². The second kappa shape index (κ2) is 8.01. The smallest absolute Gasteiger partial charge is 0.407 e. The van der Waals surface area contributed by atoms with E-state index in [1.165, 1.54) is 22.3 Å². The van der Waals surface area contributed by atoms with Gasteiger partial charge in [-0.1, -0.05) is 78.9 Å².